The van der Waals surface area contributed by atoms with Gasteiger partial charge in [0.2, 0.25) is 0 Å². The van der Waals surface area contributed by atoms with Gasteiger partial charge in [0.1, 0.15) is 18.0 Å². The lowest BCUT2D eigenvalue weighted by Gasteiger charge is -2.28. The van der Waals surface area contributed by atoms with E-state index in [1.54, 1.807) is 11.1 Å². The third-order valence-electron chi connectivity index (χ3n) is 3.94. The van der Waals surface area contributed by atoms with Gasteiger partial charge in [-0.1, -0.05) is 6.92 Å². The van der Waals surface area contributed by atoms with Gasteiger partial charge in [0.05, 0.1) is 12.2 Å². The first kappa shape index (κ1) is 17.6. The molecule has 5 heteroatoms. The minimum atomic E-state index is -0.470. The molecule has 1 aromatic rings. The monoisotopic (exact) mass is 320 g/mol. The van der Waals surface area contributed by atoms with Gasteiger partial charge >= 0.3 is 6.09 Å². The van der Waals surface area contributed by atoms with E-state index in [1.807, 2.05) is 33.8 Å². The van der Waals surface area contributed by atoms with Crippen LogP contribution in [0.3, 0.4) is 0 Å². The molecule has 0 saturated carbocycles. The van der Waals surface area contributed by atoms with E-state index in [0.29, 0.717) is 6.61 Å². The van der Waals surface area contributed by atoms with Crippen LogP contribution < -0.4 is 4.74 Å². The summed E-state index contributed by atoms with van der Waals surface area (Å²) in [6.45, 7) is 11.0. The zero-order valence-corrected chi connectivity index (χ0v) is 14.9. The molecule has 1 atom stereocenters. The number of aryl methyl sites for hydroxylation is 2. The first-order valence-electron chi connectivity index (χ1n) is 8.38. The molecule has 1 aromatic heterocycles. The maximum atomic E-state index is 12.3. The molecular weight excluding hydrogens is 292 g/mol. The van der Waals surface area contributed by atoms with Gasteiger partial charge in [0.15, 0.2) is 0 Å². The quantitative estimate of drug-likeness (QED) is 0.848. The van der Waals surface area contributed by atoms with E-state index in [9.17, 15) is 4.79 Å². The summed E-state index contributed by atoms with van der Waals surface area (Å²) in [5.41, 5.74) is 1.76. The Hall–Kier alpha value is -1.78. The average Bonchev–Trinajstić information content (AvgIpc) is 2.92. The summed E-state index contributed by atoms with van der Waals surface area (Å²) >= 11 is 0. The Kier molecular flexibility index (Phi) is 5.50. The molecule has 1 saturated heterocycles. The lowest BCUT2D eigenvalue weighted by atomic mass is 10.2. The Morgan fingerprint density at radius 2 is 2.17 bits per heavy atom. The fourth-order valence-corrected chi connectivity index (χ4v) is 2.79. The van der Waals surface area contributed by atoms with Crippen LogP contribution >= 0.6 is 0 Å². The predicted molar refractivity (Wildman–Crippen MR) is 89.8 cm³/mol. The van der Waals surface area contributed by atoms with Crippen LogP contribution in [0, 0.1) is 6.92 Å². The van der Waals surface area contributed by atoms with Crippen molar-refractivity contribution in [3.05, 3.63) is 23.5 Å². The summed E-state index contributed by atoms with van der Waals surface area (Å²) in [6, 6.07) is 2.08. The van der Waals surface area contributed by atoms with E-state index >= 15 is 0 Å². The highest BCUT2D eigenvalue weighted by Crippen LogP contribution is 2.22. The molecule has 2 rings (SSSR count). The van der Waals surface area contributed by atoms with Crippen LogP contribution in [-0.4, -0.2) is 40.8 Å². The molecule has 1 amide bonds. The highest BCUT2D eigenvalue weighted by molar-refractivity contribution is 5.69. The van der Waals surface area contributed by atoms with Gasteiger partial charge < -0.3 is 14.4 Å². The lowest BCUT2D eigenvalue weighted by Crippen LogP contribution is -2.42. The molecule has 0 spiro atoms. The molecule has 0 unspecified atom stereocenters. The molecule has 0 aromatic carbocycles. The number of hydrogen-bond donors (Lipinski definition) is 0. The minimum absolute atomic E-state index is 0.0657. The van der Waals surface area contributed by atoms with Crippen LogP contribution in [0.25, 0.3) is 0 Å². The molecule has 0 aliphatic carbocycles. The van der Waals surface area contributed by atoms with Gasteiger partial charge in [-0.2, -0.15) is 0 Å². The van der Waals surface area contributed by atoms with E-state index in [2.05, 4.69) is 11.9 Å². The Balaban J connectivity index is 1.94. The number of hydrogen-bond acceptors (Lipinski definition) is 4. The summed E-state index contributed by atoms with van der Waals surface area (Å²) < 4.78 is 11.3. The molecule has 128 valence electrons. The second-order valence-corrected chi connectivity index (χ2v) is 7.07. The van der Waals surface area contributed by atoms with Gasteiger partial charge in [0, 0.05) is 12.2 Å². The first-order valence-corrected chi connectivity index (χ1v) is 8.38. The topological polar surface area (TPSA) is 51.7 Å². The number of carbonyl (C=O) groups is 1. The van der Waals surface area contributed by atoms with Crippen LogP contribution in [0.5, 0.6) is 5.75 Å². The van der Waals surface area contributed by atoms with E-state index in [4.69, 9.17) is 9.47 Å². The van der Waals surface area contributed by atoms with Crippen LogP contribution in [0.15, 0.2) is 12.3 Å². The van der Waals surface area contributed by atoms with Crippen molar-refractivity contribution in [2.75, 3.05) is 13.2 Å². The second kappa shape index (κ2) is 7.20. The van der Waals surface area contributed by atoms with Crippen molar-refractivity contribution in [3.63, 3.8) is 0 Å². The molecule has 1 fully saturated rings. The summed E-state index contributed by atoms with van der Waals surface area (Å²) in [7, 11) is 0. The van der Waals surface area contributed by atoms with Gasteiger partial charge in [0.25, 0.3) is 0 Å². The van der Waals surface area contributed by atoms with E-state index in [0.717, 1.165) is 42.8 Å². The Labute approximate surface area is 139 Å². The number of amides is 1. The zero-order valence-electron chi connectivity index (χ0n) is 14.9. The molecule has 1 aliphatic heterocycles. The molecule has 0 radical (unpaired) electrons. The van der Waals surface area contributed by atoms with Crippen LogP contribution in [0.2, 0.25) is 0 Å². The molecular formula is C18H28N2O3. The number of aromatic nitrogens is 1. The third kappa shape index (κ3) is 4.85. The SMILES string of the molecule is CCc1ncc(OC[C@@H]2CCCN2C(=O)OC(C)(C)C)cc1C. The van der Waals surface area contributed by atoms with E-state index in [1.165, 1.54) is 0 Å². The first-order chi connectivity index (χ1) is 10.8. The summed E-state index contributed by atoms with van der Waals surface area (Å²) in [5.74, 6) is 0.760. The smallest absolute Gasteiger partial charge is 0.410 e. The van der Waals surface area contributed by atoms with Crippen molar-refractivity contribution < 1.29 is 14.3 Å². The summed E-state index contributed by atoms with van der Waals surface area (Å²) in [5, 5.41) is 0. The Bertz CT molecular complexity index is 552. The number of likely N-dealkylation sites (tertiary alicyclic amines) is 1. The fraction of sp³-hybridized carbons (Fsp3) is 0.667. The molecule has 23 heavy (non-hydrogen) atoms. The van der Waals surface area contributed by atoms with Crippen LogP contribution in [-0.2, 0) is 11.2 Å². The number of nitrogens with zero attached hydrogens (tertiary/aromatic N) is 2. The Morgan fingerprint density at radius 1 is 1.43 bits per heavy atom. The fourth-order valence-electron chi connectivity index (χ4n) is 2.79. The van der Waals surface area contributed by atoms with Crippen molar-refractivity contribution in [1.29, 1.82) is 0 Å². The minimum Gasteiger partial charge on any atom is -0.490 e. The number of pyridine rings is 1. The molecule has 0 bridgehead atoms. The number of rotatable bonds is 4. The van der Waals surface area contributed by atoms with E-state index in [-0.39, 0.29) is 12.1 Å². The van der Waals surface area contributed by atoms with Crippen molar-refractivity contribution >= 4 is 6.09 Å². The highest BCUT2D eigenvalue weighted by Gasteiger charge is 2.32. The lowest BCUT2D eigenvalue weighted by molar-refractivity contribution is 0.0187. The largest absolute Gasteiger partial charge is 0.490 e. The van der Waals surface area contributed by atoms with Crippen molar-refractivity contribution in [2.24, 2.45) is 0 Å². The molecule has 5 nitrogen and oxygen atoms in total. The molecule has 2 heterocycles. The zero-order chi connectivity index (χ0) is 17.0. The van der Waals surface area contributed by atoms with Crippen molar-refractivity contribution in [1.82, 2.24) is 9.88 Å². The maximum Gasteiger partial charge on any atom is 0.410 e. The van der Waals surface area contributed by atoms with Gasteiger partial charge in [-0.15, -0.1) is 0 Å². The van der Waals surface area contributed by atoms with Gasteiger partial charge in [-0.25, -0.2) is 4.79 Å². The third-order valence-corrected chi connectivity index (χ3v) is 3.94. The molecule has 1 aliphatic rings. The highest BCUT2D eigenvalue weighted by atomic mass is 16.6. The molecule has 0 N–H and O–H groups in total. The summed E-state index contributed by atoms with van der Waals surface area (Å²) in [4.78, 5) is 18.5. The maximum absolute atomic E-state index is 12.3. The summed E-state index contributed by atoms with van der Waals surface area (Å²) in [6.07, 6.45) is 4.36. The van der Waals surface area contributed by atoms with Crippen molar-refractivity contribution in [3.8, 4) is 5.75 Å². The van der Waals surface area contributed by atoms with Crippen molar-refractivity contribution in [2.45, 2.75) is 65.5 Å². The van der Waals surface area contributed by atoms with Gasteiger partial charge in [-0.3, -0.25) is 4.98 Å². The number of ether oxygens (including phenoxy) is 2. The van der Waals surface area contributed by atoms with E-state index < -0.39 is 5.60 Å². The standard InChI is InChI=1S/C18H28N2O3/c1-6-16-13(2)10-15(11-19-16)22-12-14-8-7-9-20(14)17(21)23-18(3,4)5/h10-11,14H,6-9,12H2,1-5H3/t14-/m0/s1. The normalized spacial score (nSPS) is 18.1. The predicted octanol–water partition coefficient (Wildman–Crippen LogP) is 3.73. The van der Waals surface area contributed by atoms with Gasteiger partial charge in [-0.05, 0) is 58.6 Å². The van der Waals surface area contributed by atoms with Crippen LogP contribution in [0.1, 0.15) is 51.8 Å². The number of carbonyl (C=O) groups excluding carboxylic acids is 1. The second-order valence-electron chi connectivity index (χ2n) is 7.07. The average molecular weight is 320 g/mol. The van der Waals surface area contributed by atoms with Crippen LogP contribution in [0.4, 0.5) is 4.79 Å². The Morgan fingerprint density at radius 3 is 2.78 bits per heavy atom.